The van der Waals surface area contributed by atoms with Crippen LogP contribution in [0.1, 0.15) is 71.1 Å². The van der Waals surface area contributed by atoms with E-state index >= 15 is 0 Å². The average Bonchev–Trinajstić information content (AvgIpc) is 2.73. The molecule has 164 valence electrons. The van der Waals surface area contributed by atoms with Gasteiger partial charge in [-0.2, -0.15) is 0 Å². The van der Waals surface area contributed by atoms with Crippen LogP contribution in [0.3, 0.4) is 0 Å². The Kier molecular flexibility index (Phi) is 9.62. The number of piperidine rings is 1. The third-order valence-corrected chi connectivity index (χ3v) is 8.53. The summed E-state index contributed by atoms with van der Waals surface area (Å²) in [6.45, 7) is 3.97. The number of nitrogens with zero attached hydrogens (tertiary/aromatic N) is 1. The second-order valence-electron chi connectivity index (χ2n) is 7.79. The Morgan fingerprint density at radius 1 is 1.14 bits per heavy atom. The molecule has 9 heteroatoms. The number of sulfonamides is 1. The Balaban J connectivity index is 1.81. The number of hydrogen-bond acceptors (Lipinski definition) is 6. The molecule has 2 rings (SSSR count). The maximum Gasteiger partial charge on any atom is 0.266 e. The molecule has 8 nitrogen and oxygen atoms in total. The lowest BCUT2D eigenvalue weighted by atomic mass is 9.98. The summed E-state index contributed by atoms with van der Waals surface area (Å²) < 4.78 is 37.3. The van der Waals surface area contributed by atoms with Crippen molar-refractivity contribution in [3.63, 3.8) is 0 Å². The van der Waals surface area contributed by atoms with Gasteiger partial charge in [0.1, 0.15) is 0 Å². The third kappa shape index (κ3) is 5.66. The summed E-state index contributed by atoms with van der Waals surface area (Å²) in [5.41, 5.74) is 1.56. The standard InChI is InChI=1S/C19H36N2O6S/c1-2-3-4-5-6-7-14-27-17-8-12-21(13-9-17)28(24,25)19(18(22)20-23)10-15-26-16-11-19/h17,23H,2-16H2,1H3,(H,20,22). The molecule has 2 fully saturated rings. The highest BCUT2D eigenvalue weighted by Crippen LogP contribution is 2.34. The number of carbonyl (C=O) groups excluding carboxylic acids is 1. The van der Waals surface area contributed by atoms with Crippen LogP contribution in [0.15, 0.2) is 0 Å². The van der Waals surface area contributed by atoms with Crippen LogP contribution in [0, 0.1) is 0 Å². The molecule has 0 atom stereocenters. The smallest absolute Gasteiger partial charge is 0.266 e. The van der Waals surface area contributed by atoms with Crippen molar-refractivity contribution < 1.29 is 27.9 Å². The Bertz CT molecular complexity index is 569. The Morgan fingerprint density at radius 2 is 1.75 bits per heavy atom. The summed E-state index contributed by atoms with van der Waals surface area (Å²) in [5, 5.41) is 9.10. The van der Waals surface area contributed by atoms with Crippen LogP contribution in [0.2, 0.25) is 0 Å². The molecule has 2 heterocycles. The number of unbranched alkanes of at least 4 members (excludes halogenated alkanes) is 5. The molecule has 0 aromatic rings. The van der Waals surface area contributed by atoms with Crippen LogP contribution in [-0.2, 0) is 24.3 Å². The van der Waals surface area contributed by atoms with Crippen molar-refractivity contribution in [2.75, 3.05) is 32.9 Å². The number of amides is 1. The van der Waals surface area contributed by atoms with Crippen LogP contribution >= 0.6 is 0 Å². The highest BCUT2D eigenvalue weighted by atomic mass is 32.2. The first-order valence-corrected chi connectivity index (χ1v) is 12.1. The average molecular weight is 421 g/mol. The van der Waals surface area contributed by atoms with Crippen LogP contribution in [0.25, 0.3) is 0 Å². The Labute approximate surface area is 169 Å². The lowest BCUT2D eigenvalue weighted by Crippen LogP contribution is -2.60. The molecular weight excluding hydrogens is 384 g/mol. The monoisotopic (exact) mass is 420 g/mol. The maximum absolute atomic E-state index is 13.2. The van der Waals surface area contributed by atoms with Gasteiger partial charge in [-0.1, -0.05) is 39.0 Å². The van der Waals surface area contributed by atoms with E-state index in [2.05, 4.69) is 6.92 Å². The topological polar surface area (TPSA) is 105 Å². The number of carbonyl (C=O) groups is 1. The molecule has 0 spiro atoms. The predicted octanol–water partition coefficient (Wildman–Crippen LogP) is 2.21. The van der Waals surface area contributed by atoms with Crippen molar-refractivity contribution in [1.29, 1.82) is 0 Å². The fraction of sp³-hybridized carbons (Fsp3) is 0.947. The summed E-state index contributed by atoms with van der Waals surface area (Å²) in [6.07, 6.45) is 8.70. The van der Waals surface area contributed by atoms with E-state index < -0.39 is 20.7 Å². The van der Waals surface area contributed by atoms with Gasteiger partial charge in [-0.15, -0.1) is 0 Å². The molecule has 2 aliphatic heterocycles. The molecule has 0 aliphatic carbocycles. The summed E-state index contributed by atoms with van der Waals surface area (Å²) in [4.78, 5) is 12.3. The predicted molar refractivity (Wildman–Crippen MR) is 106 cm³/mol. The summed E-state index contributed by atoms with van der Waals surface area (Å²) >= 11 is 0. The lowest BCUT2D eigenvalue weighted by molar-refractivity contribution is -0.134. The van der Waals surface area contributed by atoms with Gasteiger partial charge in [-0.05, 0) is 19.3 Å². The van der Waals surface area contributed by atoms with Gasteiger partial charge in [0.05, 0.1) is 6.10 Å². The van der Waals surface area contributed by atoms with E-state index in [0.29, 0.717) is 25.9 Å². The van der Waals surface area contributed by atoms with Gasteiger partial charge in [0, 0.05) is 45.8 Å². The van der Waals surface area contributed by atoms with E-state index in [1.807, 2.05) is 0 Å². The molecule has 28 heavy (non-hydrogen) atoms. The van der Waals surface area contributed by atoms with Gasteiger partial charge < -0.3 is 9.47 Å². The van der Waals surface area contributed by atoms with Crippen molar-refractivity contribution in [2.24, 2.45) is 0 Å². The van der Waals surface area contributed by atoms with Gasteiger partial charge >= 0.3 is 0 Å². The minimum atomic E-state index is -3.89. The second-order valence-corrected chi connectivity index (χ2v) is 10.0. The van der Waals surface area contributed by atoms with Crippen molar-refractivity contribution >= 4 is 15.9 Å². The van der Waals surface area contributed by atoms with Crippen LogP contribution < -0.4 is 5.48 Å². The molecule has 1 amide bonds. The Morgan fingerprint density at radius 3 is 2.36 bits per heavy atom. The highest BCUT2D eigenvalue weighted by Gasteiger charge is 2.54. The quantitative estimate of drug-likeness (QED) is 0.302. The second kappa shape index (κ2) is 11.4. The first-order valence-electron chi connectivity index (χ1n) is 10.6. The molecule has 0 saturated carbocycles. The molecule has 2 N–H and O–H groups in total. The Hall–Kier alpha value is -0.740. The van der Waals surface area contributed by atoms with Crippen molar-refractivity contribution in [3.8, 4) is 0 Å². The normalized spacial score (nSPS) is 21.5. The lowest BCUT2D eigenvalue weighted by Gasteiger charge is -2.40. The number of hydrogen-bond donors (Lipinski definition) is 2. The van der Waals surface area contributed by atoms with Crippen LogP contribution in [0.5, 0.6) is 0 Å². The fourth-order valence-corrected chi connectivity index (χ4v) is 6.17. The fourth-order valence-electron chi connectivity index (χ4n) is 4.02. The number of rotatable bonds is 11. The van der Waals surface area contributed by atoms with Crippen molar-refractivity contribution in [3.05, 3.63) is 0 Å². The van der Waals surface area contributed by atoms with Gasteiger partial charge in [-0.25, -0.2) is 18.2 Å². The van der Waals surface area contributed by atoms with Gasteiger partial charge in [0.2, 0.25) is 10.0 Å². The minimum Gasteiger partial charge on any atom is -0.381 e. The molecule has 0 aromatic carbocycles. The third-order valence-electron chi connectivity index (χ3n) is 5.90. The van der Waals surface area contributed by atoms with E-state index in [4.69, 9.17) is 14.7 Å². The maximum atomic E-state index is 13.2. The SMILES string of the molecule is CCCCCCCCOC1CCN(S(=O)(=O)C2(C(=O)NO)CCOCC2)CC1. The first kappa shape index (κ1) is 23.5. The number of ether oxygens (including phenoxy) is 2. The molecular formula is C19H36N2O6S. The molecule has 0 unspecified atom stereocenters. The summed E-state index contributed by atoms with van der Waals surface area (Å²) in [6, 6.07) is 0. The number of hydroxylamine groups is 1. The van der Waals surface area contributed by atoms with E-state index in [9.17, 15) is 13.2 Å². The zero-order chi connectivity index (χ0) is 20.5. The van der Waals surface area contributed by atoms with Crippen LogP contribution in [-0.4, -0.2) is 67.6 Å². The molecule has 0 radical (unpaired) electrons. The van der Waals surface area contributed by atoms with E-state index in [1.54, 1.807) is 5.48 Å². The van der Waals surface area contributed by atoms with E-state index in [1.165, 1.54) is 36.4 Å². The molecule has 0 aromatic heterocycles. The summed E-state index contributed by atoms with van der Waals surface area (Å²) in [5.74, 6) is -0.864. The highest BCUT2D eigenvalue weighted by molar-refractivity contribution is 7.91. The van der Waals surface area contributed by atoms with Gasteiger partial charge in [0.15, 0.2) is 4.75 Å². The van der Waals surface area contributed by atoms with Gasteiger partial charge in [0.25, 0.3) is 5.91 Å². The zero-order valence-electron chi connectivity index (χ0n) is 17.0. The van der Waals surface area contributed by atoms with Gasteiger partial charge in [-0.3, -0.25) is 10.0 Å². The molecule has 0 bridgehead atoms. The van der Waals surface area contributed by atoms with Crippen LogP contribution in [0.4, 0.5) is 0 Å². The zero-order valence-corrected chi connectivity index (χ0v) is 17.8. The largest absolute Gasteiger partial charge is 0.381 e. The van der Waals surface area contributed by atoms with E-state index in [-0.39, 0.29) is 32.2 Å². The summed E-state index contributed by atoms with van der Waals surface area (Å²) in [7, 11) is -3.89. The first-order chi connectivity index (χ1) is 13.5. The minimum absolute atomic E-state index is 0.0518. The molecule has 2 aliphatic rings. The van der Waals surface area contributed by atoms with Crippen molar-refractivity contribution in [1.82, 2.24) is 9.79 Å². The molecule has 2 saturated heterocycles. The van der Waals surface area contributed by atoms with E-state index in [0.717, 1.165) is 13.0 Å². The van der Waals surface area contributed by atoms with Crippen molar-refractivity contribution in [2.45, 2.75) is 82.0 Å². The number of nitrogens with one attached hydrogen (secondary N) is 1.